The molecule has 0 aliphatic rings. The van der Waals surface area contributed by atoms with Crippen molar-refractivity contribution < 1.29 is 14.3 Å². The lowest BCUT2D eigenvalue weighted by Gasteiger charge is -2.08. The highest BCUT2D eigenvalue weighted by Gasteiger charge is 2.07. The van der Waals surface area contributed by atoms with Crippen molar-refractivity contribution in [3.63, 3.8) is 0 Å². The summed E-state index contributed by atoms with van der Waals surface area (Å²) in [6, 6.07) is 24.5. The van der Waals surface area contributed by atoms with E-state index in [2.05, 4.69) is 15.6 Å². The molecule has 0 fully saturated rings. The molecule has 1 aromatic heterocycles. The Morgan fingerprint density at radius 3 is 2.48 bits per heavy atom. The number of para-hydroxylation sites is 1. The van der Waals surface area contributed by atoms with Gasteiger partial charge < -0.3 is 20.1 Å². The van der Waals surface area contributed by atoms with Gasteiger partial charge in [-0.15, -0.1) is 11.3 Å². The zero-order chi connectivity index (χ0) is 21.5. The van der Waals surface area contributed by atoms with Gasteiger partial charge in [0, 0.05) is 28.4 Å². The van der Waals surface area contributed by atoms with Gasteiger partial charge in [-0.2, -0.15) is 0 Å². The topological polar surface area (TPSA) is 72.5 Å². The molecule has 0 aliphatic carbocycles. The predicted octanol–water partition coefficient (Wildman–Crippen LogP) is 5.58. The molecule has 6 nitrogen and oxygen atoms in total. The fourth-order valence-corrected chi connectivity index (χ4v) is 3.61. The third-order valence-corrected chi connectivity index (χ3v) is 5.16. The average Bonchev–Trinajstić information content (AvgIpc) is 3.27. The van der Waals surface area contributed by atoms with Crippen molar-refractivity contribution in [1.82, 2.24) is 4.98 Å². The molecule has 0 aliphatic heterocycles. The van der Waals surface area contributed by atoms with Crippen LogP contribution >= 0.6 is 11.3 Å². The molecule has 3 aromatic carbocycles. The molecule has 0 saturated carbocycles. The lowest BCUT2D eigenvalue weighted by molar-refractivity contribution is -0.118. The second-order valence-corrected chi connectivity index (χ2v) is 7.48. The lowest BCUT2D eigenvalue weighted by atomic mass is 10.1. The SMILES string of the molecule is COc1cccc(Nc2nc(-c3ccc(NC(=O)COc4ccccc4)cc3)cs2)c1. The minimum absolute atomic E-state index is 0.0445. The molecule has 31 heavy (non-hydrogen) atoms. The molecule has 156 valence electrons. The van der Waals surface area contributed by atoms with E-state index < -0.39 is 0 Å². The van der Waals surface area contributed by atoms with E-state index in [0.717, 1.165) is 27.8 Å². The standard InChI is InChI=1S/C24H21N3O3S/c1-29-21-9-5-6-19(14-21)26-24-27-22(16-31-24)17-10-12-18(13-11-17)25-23(28)15-30-20-7-3-2-4-8-20/h2-14,16H,15H2,1H3,(H,25,28)(H,26,27). The Labute approximate surface area is 184 Å². The van der Waals surface area contributed by atoms with Crippen LogP contribution in [0.1, 0.15) is 0 Å². The number of nitrogens with zero attached hydrogens (tertiary/aromatic N) is 1. The van der Waals surface area contributed by atoms with Crippen LogP contribution < -0.4 is 20.1 Å². The van der Waals surface area contributed by atoms with Crippen LogP contribution in [0.5, 0.6) is 11.5 Å². The molecule has 0 saturated heterocycles. The maximum atomic E-state index is 12.1. The Balaban J connectivity index is 1.34. The van der Waals surface area contributed by atoms with Crippen molar-refractivity contribution in [2.24, 2.45) is 0 Å². The van der Waals surface area contributed by atoms with Gasteiger partial charge >= 0.3 is 0 Å². The summed E-state index contributed by atoms with van der Waals surface area (Å²) in [5.74, 6) is 1.23. The molecule has 4 aromatic rings. The number of thiazole rings is 1. The smallest absolute Gasteiger partial charge is 0.262 e. The number of rotatable bonds is 8. The van der Waals surface area contributed by atoms with Gasteiger partial charge in [0.05, 0.1) is 12.8 Å². The first kappa shape index (κ1) is 20.4. The predicted molar refractivity (Wildman–Crippen MR) is 124 cm³/mol. The zero-order valence-electron chi connectivity index (χ0n) is 16.9. The van der Waals surface area contributed by atoms with Crippen LogP contribution in [0, 0.1) is 0 Å². The maximum absolute atomic E-state index is 12.1. The molecule has 4 rings (SSSR count). The van der Waals surface area contributed by atoms with Gasteiger partial charge in [-0.1, -0.05) is 36.4 Å². The van der Waals surface area contributed by atoms with E-state index >= 15 is 0 Å². The van der Waals surface area contributed by atoms with Crippen molar-refractivity contribution in [2.45, 2.75) is 0 Å². The summed E-state index contributed by atoms with van der Waals surface area (Å²) in [7, 11) is 1.64. The highest BCUT2D eigenvalue weighted by molar-refractivity contribution is 7.14. The number of amides is 1. The van der Waals surface area contributed by atoms with Gasteiger partial charge in [0.15, 0.2) is 11.7 Å². The van der Waals surface area contributed by atoms with E-state index in [1.54, 1.807) is 7.11 Å². The molecule has 0 unspecified atom stereocenters. The van der Waals surface area contributed by atoms with E-state index in [1.165, 1.54) is 11.3 Å². The number of ether oxygens (including phenoxy) is 2. The summed E-state index contributed by atoms with van der Waals surface area (Å²) >= 11 is 1.52. The van der Waals surface area contributed by atoms with Crippen molar-refractivity contribution in [3.05, 3.63) is 84.2 Å². The fraction of sp³-hybridized carbons (Fsp3) is 0.0833. The largest absolute Gasteiger partial charge is 0.497 e. The zero-order valence-corrected chi connectivity index (χ0v) is 17.7. The van der Waals surface area contributed by atoms with Crippen molar-refractivity contribution >= 4 is 33.8 Å². The van der Waals surface area contributed by atoms with Crippen LogP contribution in [-0.4, -0.2) is 24.6 Å². The van der Waals surface area contributed by atoms with Crippen molar-refractivity contribution in [2.75, 3.05) is 24.4 Å². The Morgan fingerprint density at radius 2 is 1.71 bits per heavy atom. The Bertz CT molecular complexity index is 1140. The van der Waals surface area contributed by atoms with Gasteiger partial charge in [-0.05, 0) is 36.4 Å². The van der Waals surface area contributed by atoms with E-state index in [-0.39, 0.29) is 12.5 Å². The Morgan fingerprint density at radius 1 is 0.935 bits per heavy atom. The summed E-state index contributed by atoms with van der Waals surface area (Å²) in [6.07, 6.45) is 0. The summed E-state index contributed by atoms with van der Waals surface area (Å²) in [4.78, 5) is 16.7. The first-order valence-corrected chi connectivity index (χ1v) is 10.5. The number of anilines is 3. The summed E-state index contributed by atoms with van der Waals surface area (Å²) in [6.45, 7) is -0.0445. The fourth-order valence-electron chi connectivity index (χ4n) is 2.88. The van der Waals surface area contributed by atoms with Crippen LogP contribution in [0.15, 0.2) is 84.2 Å². The van der Waals surface area contributed by atoms with E-state index in [4.69, 9.17) is 9.47 Å². The maximum Gasteiger partial charge on any atom is 0.262 e. The van der Waals surface area contributed by atoms with Gasteiger partial charge in [0.2, 0.25) is 0 Å². The molecule has 0 radical (unpaired) electrons. The molecule has 1 heterocycles. The number of benzene rings is 3. The first-order chi connectivity index (χ1) is 15.2. The molecule has 0 spiro atoms. The molecule has 1 amide bonds. The van der Waals surface area contributed by atoms with Gasteiger partial charge in [0.25, 0.3) is 5.91 Å². The highest BCUT2D eigenvalue weighted by atomic mass is 32.1. The second kappa shape index (κ2) is 9.77. The lowest BCUT2D eigenvalue weighted by Crippen LogP contribution is -2.20. The normalized spacial score (nSPS) is 10.4. The minimum Gasteiger partial charge on any atom is -0.497 e. The van der Waals surface area contributed by atoms with Crippen LogP contribution in [0.3, 0.4) is 0 Å². The molecular formula is C24H21N3O3S. The molecule has 0 bridgehead atoms. The van der Waals surface area contributed by atoms with Crippen molar-refractivity contribution in [3.8, 4) is 22.8 Å². The molecule has 0 atom stereocenters. The Hall–Kier alpha value is -3.84. The molecule has 7 heteroatoms. The van der Waals surface area contributed by atoms with Crippen molar-refractivity contribution in [1.29, 1.82) is 0 Å². The van der Waals surface area contributed by atoms with E-state index in [0.29, 0.717) is 11.4 Å². The van der Waals surface area contributed by atoms with E-state index in [9.17, 15) is 4.79 Å². The van der Waals surface area contributed by atoms with Crippen LogP contribution in [0.25, 0.3) is 11.3 Å². The molecule has 2 N–H and O–H groups in total. The third kappa shape index (κ3) is 5.61. The average molecular weight is 432 g/mol. The monoisotopic (exact) mass is 431 g/mol. The number of carbonyl (C=O) groups is 1. The number of hydrogen-bond donors (Lipinski definition) is 2. The highest BCUT2D eigenvalue weighted by Crippen LogP contribution is 2.29. The van der Waals surface area contributed by atoms with Gasteiger partial charge in [-0.3, -0.25) is 4.79 Å². The minimum atomic E-state index is -0.213. The number of aromatic nitrogens is 1. The van der Waals surface area contributed by atoms with Gasteiger partial charge in [-0.25, -0.2) is 4.98 Å². The van der Waals surface area contributed by atoms with Gasteiger partial charge in [0.1, 0.15) is 11.5 Å². The van der Waals surface area contributed by atoms with Crippen LogP contribution in [-0.2, 0) is 4.79 Å². The summed E-state index contributed by atoms with van der Waals surface area (Å²) in [5, 5.41) is 8.90. The number of hydrogen-bond acceptors (Lipinski definition) is 6. The Kier molecular flexibility index (Phi) is 6.44. The summed E-state index contributed by atoms with van der Waals surface area (Å²) in [5.41, 5.74) is 3.44. The van der Waals surface area contributed by atoms with E-state index in [1.807, 2.05) is 84.2 Å². The third-order valence-electron chi connectivity index (χ3n) is 4.40. The summed E-state index contributed by atoms with van der Waals surface area (Å²) < 4.78 is 10.7. The first-order valence-electron chi connectivity index (χ1n) is 9.64. The number of methoxy groups -OCH3 is 1. The number of carbonyl (C=O) groups excluding carboxylic acids is 1. The molecular weight excluding hydrogens is 410 g/mol. The number of nitrogens with one attached hydrogen (secondary N) is 2. The van der Waals surface area contributed by atoms with Crippen LogP contribution in [0.4, 0.5) is 16.5 Å². The van der Waals surface area contributed by atoms with Crippen LogP contribution in [0.2, 0.25) is 0 Å². The second-order valence-electron chi connectivity index (χ2n) is 6.62. The quantitative estimate of drug-likeness (QED) is 0.381.